The van der Waals surface area contributed by atoms with E-state index in [1.807, 2.05) is 0 Å². The first kappa shape index (κ1) is 17.4. The number of likely N-dealkylation sites (tertiary alicyclic amines) is 1. The van der Waals surface area contributed by atoms with Gasteiger partial charge in [0.15, 0.2) is 0 Å². The molecular formula is C20H23NO4. The maximum atomic E-state index is 12.2. The summed E-state index contributed by atoms with van der Waals surface area (Å²) in [6.07, 6.45) is 6.89. The largest absolute Gasteiger partial charge is 0.462 e. The van der Waals surface area contributed by atoms with Gasteiger partial charge in [0.05, 0.1) is 18.7 Å². The summed E-state index contributed by atoms with van der Waals surface area (Å²) in [5.41, 5.74) is 1.31. The van der Waals surface area contributed by atoms with Crippen LogP contribution in [0.1, 0.15) is 48.5 Å². The van der Waals surface area contributed by atoms with Crippen LogP contribution in [0.4, 0.5) is 0 Å². The van der Waals surface area contributed by atoms with Gasteiger partial charge in [0, 0.05) is 12.8 Å². The number of rotatable bonds is 5. The number of ether oxygens (including phenoxy) is 1. The molecule has 0 spiro atoms. The molecule has 2 aliphatic rings. The Morgan fingerprint density at radius 3 is 2.36 bits per heavy atom. The van der Waals surface area contributed by atoms with Gasteiger partial charge in [-0.2, -0.15) is 0 Å². The molecule has 1 aromatic rings. The fraction of sp³-hybridized carbons (Fsp3) is 0.450. The van der Waals surface area contributed by atoms with Crippen molar-refractivity contribution in [1.82, 2.24) is 4.90 Å². The van der Waals surface area contributed by atoms with E-state index < -0.39 is 0 Å². The first-order valence-electron chi connectivity index (χ1n) is 8.79. The van der Waals surface area contributed by atoms with Crippen molar-refractivity contribution < 1.29 is 19.1 Å². The average molecular weight is 341 g/mol. The van der Waals surface area contributed by atoms with E-state index in [0.29, 0.717) is 24.0 Å². The van der Waals surface area contributed by atoms with Crippen LogP contribution in [0.2, 0.25) is 0 Å². The highest BCUT2D eigenvalue weighted by Crippen LogP contribution is 2.25. The van der Waals surface area contributed by atoms with E-state index in [1.165, 1.54) is 4.90 Å². The molecule has 1 aromatic carbocycles. The molecule has 1 aliphatic heterocycles. The summed E-state index contributed by atoms with van der Waals surface area (Å²) < 4.78 is 5.45. The number of imide groups is 1. The van der Waals surface area contributed by atoms with E-state index in [4.69, 9.17) is 4.74 Å². The minimum atomic E-state index is -0.332. The van der Waals surface area contributed by atoms with E-state index >= 15 is 0 Å². The summed E-state index contributed by atoms with van der Waals surface area (Å²) in [6, 6.07) is 6.91. The lowest BCUT2D eigenvalue weighted by atomic mass is 9.85. The molecule has 0 N–H and O–H groups in total. The van der Waals surface area contributed by atoms with Crippen LogP contribution in [0.25, 0.3) is 0 Å². The fourth-order valence-corrected chi connectivity index (χ4v) is 3.23. The fourth-order valence-electron chi connectivity index (χ4n) is 3.23. The van der Waals surface area contributed by atoms with Crippen molar-refractivity contribution in [2.45, 2.75) is 39.2 Å². The van der Waals surface area contributed by atoms with Crippen LogP contribution in [0.15, 0.2) is 36.4 Å². The second kappa shape index (κ2) is 7.64. The van der Waals surface area contributed by atoms with Gasteiger partial charge in [0.1, 0.15) is 0 Å². The van der Waals surface area contributed by atoms with Gasteiger partial charge in [-0.1, -0.05) is 31.2 Å². The summed E-state index contributed by atoms with van der Waals surface area (Å²) in [5, 5.41) is 0. The molecule has 2 amide bonds. The predicted molar refractivity (Wildman–Crippen MR) is 92.5 cm³/mol. The SMILES string of the molecule is CC1CC=CCC1COC(=O)c1ccc(CN2C(=O)CCC2=O)cc1. The summed E-state index contributed by atoms with van der Waals surface area (Å²) in [4.78, 5) is 36.8. The number of carbonyl (C=O) groups excluding carboxylic acids is 3. The third kappa shape index (κ3) is 4.16. The smallest absolute Gasteiger partial charge is 0.338 e. The van der Waals surface area contributed by atoms with E-state index in [0.717, 1.165) is 18.4 Å². The predicted octanol–water partition coefficient (Wildman–Crippen LogP) is 3.09. The van der Waals surface area contributed by atoms with Crippen molar-refractivity contribution >= 4 is 17.8 Å². The Bertz CT molecular complexity index is 676. The monoisotopic (exact) mass is 341 g/mol. The molecule has 5 heteroatoms. The van der Waals surface area contributed by atoms with Gasteiger partial charge >= 0.3 is 5.97 Å². The molecule has 1 saturated heterocycles. The van der Waals surface area contributed by atoms with Gasteiger partial charge < -0.3 is 4.74 Å². The minimum absolute atomic E-state index is 0.135. The van der Waals surface area contributed by atoms with Crippen molar-refractivity contribution in [2.24, 2.45) is 11.8 Å². The number of benzene rings is 1. The van der Waals surface area contributed by atoms with Gasteiger partial charge in [-0.15, -0.1) is 0 Å². The van der Waals surface area contributed by atoms with Crippen molar-refractivity contribution in [2.75, 3.05) is 6.61 Å². The van der Waals surface area contributed by atoms with Crippen LogP contribution < -0.4 is 0 Å². The second-order valence-corrected chi connectivity index (χ2v) is 6.85. The number of hydrogen-bond acceptors (Lipinski definition) is 4. The van der Waals surface area contributed by atoms with Gasteiger partial charge in [-0.25, -0.2) is 4.79 Å². The standard InChI is InChI=1S/C20H23NO4/c1-14-4-2-3-5-17(14)13-25-20(24)16-8-6-15(7-9-16)12-21-18(22)10-11-19(21)23/h2-3,6-9,14,17H,4-5,10-13H2,1H3. The molecule has 0 radical (unpaired) electrons. The third-order valence-corrected chi connectivity index (χ3v) is 5.03. The zero-order valence-electron chi connectivity index (χ0n) is 14.4. The van der Waals surface area contributed by atoms with Crippen LogP contribution in [0, 0.1) is 11.8 Å². The van der Waals surface area contributed by atoms with Crippen molar-refractivity contribution in [3.05, 3.63) is 47.5 Å². The van der Waals surface area contributed by atoms with E-state index in [9.17, 15) is 14.4 Å². The van der Waals surface area contributed by atoms with Crippen molar-refractivity contribution in [1.29, 1.82) is 0 Å². The van der Waals surface area contributed by atoms with Gasteiger partial charge in [-0.05, 0) is 42.4 Å². The third-order valence-electron chi connectivity index (χ3n) is 5.03. The number of nitrogens with zero attached hydrogens (tertiary/aromatic N) is 1. The number of carbonyl (C=O) groups is 3. The maximum Gasteiger partial charge on any atom is 0.338 e. The highest BCUT2D eigenvalue weighted by Gasteiger charge is 2.28. The summed E-state index contributed by atoms with van der Waals surface area (Å²) >= 11 is 0. The first-order chi connectivity index (χ1) is 12.0. The lowest BCUT2D eigenvalue weighted by Gasteiger charge is -2.24. The molecule has 2 unspecified atom stereocenters. The number of esters is 1. The molecular weight excluding hydrogens is 318 g/mol. The second-order valence-electron chi connectivity index (χ2n) is 6.85. The van der Waals surface area contributed by atoms with Gasteiger partial charge in [0.25, 0.3) is 0 Å². The molecule has 1 fully saturated rings. The average Bonchev–Trinajstić information content (AvgIpc) is 2.93. The number of hydrogen-bond donors (Lipinski definition) is 0. The Kier molecular flexibility index (Phi) is 5.31. The van der Waals surface area contributed by atoms with Crippen molar-refractivity contribution in [3.8, 4) is 0 Å². The zero-order valence-corrected chi connectivity index (χ0v) is 14.4. The Morgan fingerprint density at radius 2 is 1.72 bits per heavy atom. The number of amides is 2. The highest BCUT2D eigenvalue weighted by molar-refractivity contribution is 6.01. The molecule has 1 heterocycles. The minimum Gasteiger partial charge on any atom is -0.462 e. The molecule has 0 aromatic heterocycles. The topological polar surface area (TPSA) is 63.7 Å². The molecule has 132 valence electrons. The van der Waals surface area contributed by atoms with Gasteiger partial charge in [-0.3, -0.25) is 14.5 Å². The maximum absolute atomic E-state index is 12.2. The van der Waals surface area contributed by atoms with E-state index in [-0.39, 0.29) is 37.2 Å². The van der Waals surface area contributed by atoms with Crippen LogP contribution in [-0.4, -0.2) is 29.3 Å². The molecule has 0 bridgehead atoms. The Hall–Kier alpha value is -2.43. The van der Waals surface area contributed by atoms with E-state index in [1.54, 1.807) is 24.3 Å². The van der Waals surface area contributed by atoms with Crippen LogP contribution in [0.3, 0.4) is 0 Å². The zero-order chi connectivity index (χ0) is 17.8. The Labute approximate surface area is 147 Å². The van der Waals surface area contributed by atoms with Crippen LogP contribution >= 0.6 is 0 Å². The van der Waals surface area contributed by atoms with Gasteiger partial charge in [0.2, 0.25) is 11.8 Å². The van der Waals surface area contributed by atoms with Crippen LogP contribution in [-0.2, 0) is 20.9 Å². The molecule has 1 aliphatic carbocycles. The summed E-state index contributed by atoms with van der Waals surface area (Å²) in [6.45, 7) is 2.87. The Balaban J connectivity index is 1.54. The first-order valence-corrected chi connectivity index (χ1v) is 8.79. The molecule has 5 nitrogen and oxygen atoms in total. The molecule has 0 saturated carbocycles. The lowest BCUT2D eigenvalue weighted by molar-refractivity contribution is -0.139. The quantitative estimate of drug-likeness (QED) is 0.469. The van der Waals surface area contributed by atoms with Crippen LogP contribution in [0.5, 0.6) is 0 Å². The summed E-state index contributed by atoms with van der Waals surface area (Å²) in [5.74, 6) is 0.297. The molecule has 25 heavy (non-hydrogen) atoms. The summed E-state index contributed by atoms with van der Waals surface area (Å²) in [7, 11) is 0. The normalized spacial score (nSPS) is 23.2. The lowest BCUT2D eigenvalue weighted by Crippen LogP contribution is -2.28. The number of allylic oxidation sites excluding steroid dienone is 2. The Morgan fingerprint density at radius 1 is 1.08 bits per heavy atom. The molecule has 2 atom stereocenters. The van der Waals surface area contributed by atoms with Crippen molar-refractivity contribution in [3.63, 3.8) is 0 Å². The van der Waals surface area contributed by atoms with E-state index in [2.05, 4.69) is 19.1 Å². The molecule has 3 rings (SSSR count). The highest BCUT2D eigenvalue weighted by atomic mass is 16.5.